The van der Waals surface area contributed by atoms with Gasteiger partial charge in [-0.25, -0.2) is 4.89 Å². The number of carbonyl (C=O) groups is 1. The second-order valence-corrected chi connectivity index (χ2v) is 10.5. The van der Waals surface area contributed by atoms with Crippen molar-refractivity contribution >= 4 is 27.3 Å². The summed E-state index contributed by atoms with van der Waals surface area (Å²) in [4.78, 5) is 17.8. The molecule has 0 aliphatic carbocycles. The Morgan fingerprint density at radius 1 is 1.23 bits per heavy atom. The zero-order chi connectivity index (χ0) is 22.2. The average Bonchev–Trinajstić information content (AvgIpc) is 3.31. The van der Waals surface area contributed by atoms with E-state index in [9.17, 15) is 13.6 Å². The Morgan fingerprint density at radius 2 is 2.03 bits per heavy atom. The molecular weight excluding hydrogens is 426 g/mol. The van der Waals surface area contributed by atoms with E-state index in [0.29, 0.717) is 23.6 Å². The van der Waals surface area contributed by atoms with Crippen LogP contribution in [0.1, 0.15) is 35.7 Å². The fourth-order valence-electron chi connectivity index (χ4n) is 3.57. The maximum Gasteiger partial charge on any atom is 0.387 e. The average molecular weight is 451 g/mol. The van der Waals surface area contributed by atoms with Gasteiger partial charge < -0.3 is 9.30 Å². The number of benzene rings is 2. The molecule has 2 heterocycles. The Hall–Kier alpha value is -2.62. The van der Waals surface area contributed by atoms with Gasteiger partial charge in [0.1, 0.15) is 5.75 Å². The van der Waals surface area contributed by atoms with Crippen LogP contribution in [0.5, 0.6) is 5.75 Å². The number of alkyl halides is 2. The van der Waals surface area contributed by atoms with Crippen LogP contribution in [-0.4, -0.2) is 35.7 Å². The van der Waals surface area contributed by atoms with E-state index in [4.69, 9.17) is 9.22 Å². The molecule has 9 heteroatoms. The lowest BCUT2D eigenvalue weighted by atomic mass is 10.0. The van der Waals surface area contributed by atoms with Gasteiger partial charge in [0.15, 0.2) is 0 Å². The highest BCUT2D eigenvalue weighted by molar-refractivity contribution is 8.28. The highest BCUT2D eigenvalue weighted by atomic mass is 32.3. The molecule has 0 bridgehead atoms. The SMILES string of the molecule is CC(C)c1cn(-c2cccc(OC(F)F)c2)c2ccc(C(=O)NS3(C)CCOO3)cc12. The quantitative estimate of drug-likeness (QED) is 0.517. The monoisotopic (exact) mass is 450 g/mol. The molecule has 6 nitrogen and oxygen atoms in total. The van der Waals surface area contributed by atoms with E-state index in [2.05, 4.69) is 23.3 Å². The van der Waals surface area contributed by atoms with E-state index in [-0.39, 0.29) is 17.6 Å². The number of hydrogen-bond acceptors (Lipinski definition) is 4. The Labute approximate surface area is 180 Å². The molecule has 1 N–H and O–H groups in total. The van der Waals surface area contributed by atoms with Gasteiger partial charge in [0.25, 0.3) is 5.91 Å². The van der Waals surface area contributed by atoms with Crippen molar-refractivity contribution in [2.45, 2.75) is 26.4 Å². The lowest BCUT2D eigenvalue weighted by Gasteiger charge is -2.27. The predicted octanol–water partition coefficient (Wildman–Crippen LogP) is 5.31. The van der Waals surface area contributed by atoms with Gasteiger partial charge in [0.2, 0.25) is 0 Å². The van der Waals surface area contributed by atoms with Crippen LogP contribution >= 0.6 is 10.5 Å². The number of rotatable bonds is 6. The Kier molecular flexibility index (Phi) is 5.92. The fourth-order valence-corrected chi connectivity index (χ4v) is 4.95. The first-order valence-corrected chi connectivity index (χ1v) is 12.0. The molecule has 0 spiro atoms. The molecule has 4 rings (SSSR count). The van der Waals surface area contributed by atoms with Crippen LogP contribution < -0.4 is 9.46 Å². The molecule has 1 aromatic heterocycles. The van der Waals surface area contributed by atoms with E-state index in [0.717, 1.165) is 16.5 Å². The number of amides is 1. The molecule has 3 aromatic rings. The van der Waals surface area contributed by atoms with E-state index < -0.39 is 17.1 Å². The lowest BCUT2D eigenvalue weighted by Crippen LogP contribution is -2.27. The second-order valence-electron chi connectivity index (χ2n) is 7.75. The van der Waals surface area contributed by atoms with Gasteiger partial charge in [-0.2, -0.15) is 13.1 Å². The first-order valence-electron chi connectivity index (χ1n) is 9.85. The summed E-state index contributed by atoms with van der Waals surface area (Å²) in [5, 5.41) is 0.923. The van der Waals surface area contributed by atoms with Crippen LogP contribution in [-0.2, 0) is 9.22 Å². The first kappa shape index (κ1) is 21.6. The predicted molar refractivity (Wildman–Crippen MR) is 117 cm³/mol. The Morgan fingerprint density at radius 3 is 2.71 bits per heavy atom. The molecule has 1 aliphatic rings. The van der Waals surface area contributed by atoms with Gasteiger partial charge in [0, 0.05) is 40.9 Å². The normalized spacial score (nSPS) is 20.9. The smallest absolute Gasteiger partial charge is 0.387 e. The molecule has 0 saturated carbocycles. The Bertz CT molecular complexity index is 1110. The lowest BCUT2D eigenvalue weighted by molar-refractivity contribution is -0.173. The molecule has 1 amide bonds. The van der Waals surface area contributed by atoms with Crippen LogP contribution in [0.4, 0.5) is 8.78 Å². The summed E-state index contributed by atoms with van der Waals surface area (Å²) >= 11 is 0. The molecule has 1 atom stereocenters. The van der Waals surface area contributed by atoms with Crippen molar-refractivity contribution in [3.05, 3.63) is 59.8 Å². The third kappa shape index (κ3) is 4.53. The Balaban J connectivity index is 1.73. The first-order chi connectivity index (χ1) is 14.8. The molecule has 1 aliphatic heterocycles. The largest absolute Gasteiger partial charge is 0.435 e. The number of aromatic nitrogens is 1. The van der Waals surface area contributed by atoms with Crippen LogP contribution in [0.3, 0.4) is 0 Å². The minimum Gasteiger partial charge on any atom is -0.435 e. The summed E-state index contributed by atoms with van der Waals surface area (Å²) in [6.07, 6.45) is 3.82. The second kappa shape index (κ2) is 8.49. The van der Waals surface area contributed by atoms with E-state index >= 15 is 0 Å². The van der Waals surface area contributed by atoms with Crippen LogP contribution in [0.2, 0.25) is 0 Å². The summed E-state index contributed by atoms with van der Waals surface area (Å²) in [6, 6.07) is 12.0. The standard InChI is InChI=1S/C22H24F2N2O4S/c1-14(2)19-13-26(16-5-4-6-17(12-16)29-22(23)24)20-8-7-15(11-18(19)20)21(27)25-31(3)10-9-28-30-31/h4-8,11-14,22H,9-10H2,1-3H3,(H,25,27). The molecule has 0 radical (unpaired) electrons. The van der Waals surface area contributed by atoms with Crippen molar-refractivity contribution in [1.82, 2.24) is 9.29 Å². The number of hydrogen-bond donors (Lipinski definition) is 1. The van der Waals surface area contributed by atoms with Crippen LogP contribution in [0.25, 0.3) is 16.6 Å². The minimum absolute atomic E-state index is 0.0893. The third-order valence-corrected chi connectivity index (χ3v) is 7.06. The van der Waals surface area contributed by atoms with Gasteiger partial charge in [-0.1, -0.05) is 19.9 Å². The third-order valence-electron chi connectivity index (χ3n) is 5.10. The topological polar surface area (TPSA) is 61.7 Å². The number of nitrogens with zero attached hydrogens (tertiary/aromatic N) is 1. The number of nitrogens with one attached hydrogen (secondary N) is 1. The molecule has 1 fully saturated rings. The number of halogens is 2. The summed E-state index contributed by atoms with van der Waals surface area (Å²) in [5.74, 6) is 0.703. The van der Waals surface area contributed by atoms with Gasteiger partial charge in [-0.05, 0) is 52.3 Å². The van der Waals surface area contributed by atoms with Gasteiger partial charge in [0.05, 0.1) is 12.1 Å². The number of ether oxygens (including phenoxy) is 1. The minimum atomic E-state index is -2.89. The fraction of sp³-hybridized carbons (Fsp3) is 0.318. The van der Waals surface area contributed by atoms with Crippen molar-refractivity contribution in [3.63, 3.8) is 0 Å². The number of carbonyl (C=O) groups excluding carboxylic acids is 1. The summed E-state index contributed by atoms with van der Waals surface area (Å²) in [5.41, 5.74) is 3.13. The highest BCUT2D eigenvalue weighted by Gasteiger charge is 2.29. The zero-order valence-corrected chi connectivity index (χ0v) is 18.2. The molecular formula is C22H24F2N2O4S. The maximum absolute atomic E-state index is 12.8. The number of fused-ring (bicyclic) bond motifs is 1. The summed E-state index contributed by atoms with van der Waals surface area (Å²) in [6.45, 7) is 1.70. The molecule has 31 heavy (non-hydrogen) atoms. The van der Waals surface area contributed by atoms with Gasteiger partial charge in [-0.3, -0.25) is 9.52 Å². The van der Waals surface area contributed by atoms with Crippen molar-refractivity contribution in [1.29, 1.82) is 0 Å². The molecule has 1 unspecified atom stereocenters. The highest BCUT2D eigenvalue weighted by Crippen LogP contribution is 2.45. The van der Waals surface area contributed by atoms with Crippen LogP contribution in [0, 0.1) is 0 Å². The molecule has 1 saturated heterocycles. The molecule has 166 valence electrons. The van der Waals surface area contributed by atoms with E-state index in [1.807, 2.05) is 35.2 Å². The zero-order valence-electron chi connectivity index (χ0n) is 17.4. The van der Waals surface area contributed by atoms with Crippen molar-refractivity contribution in [3.8, 4) is 11.4 Å². The van der Waals surface area contributed by atoms with Crippen molar-refractivity contribution in [2.24, 2.45) is 0 Å². The van der Waals surface area contributed by atoms with Crippen molar-refractivity contribution < 1.29 is 27.5 Å². The van der Waals surface area contributed by atoms with Gasteiger partial charge >= 0.3 is 6.61 Å². The maximum atomic E-state index is 12.8. The summed E-state index contributed by atoms with van der Waals surface area (Å²) in [7, 11) is -1.79. The van der Waals surface area contributed by atoms with Crippen molar-refractivity contribution in [2.75, 3.05) is 18.6 Å². The van der Waals surface area contributed by atoms with E-state index in [1.165, 1.54) is 6.07 Å². The summed E-state index contributed by atoms with van der Waals surface area (Å²) < 4.78 is 39.9. The van der Waals surface area contributed by atoms with Gasteiger partial charge in [-0.15, -0.1) is 0 Å². The van der Waals surface area contributed by atoms with Crippen LogP contribution in [0.15, 0.2) is 48.7 Å². The van der Waals surface area contributed by atoms with E-state index in [1.54, 1.807) is 18.2 Å². The molecule has 2 aromatic carbocycles.